The fraction of sp³-hybridized carbons (Fsp3) is 0.333. The number of rotatable bonds is 5. The van der Waals surface area contributed by atoms with Crippen molar-refractivity contribution in [1.29, 1.82) is 5.26 Å². The summed E-state index contributed by atoms with van der Waals surface area (Å²) in [7, 11) is 1.32. The van der Waals surface area contributed by atoms with Crippen LogP contribution in [0.2, 0.25) is 0 Å². The third-order valence-corrected chi connectivity index (χ3v) is 4.52. The molecule has 0 bridgehead atoms. The van der Waals surface area contributed by atoms with E-state index < -0.39 is 10.7 Å². The molecule has 0 unspecified atom stereocenters. The summed E-state index contributed by atoms with van der Waals surface area (Å²) in [6, 6.07) is 7.77. The van der Waals surface area contributed by atoms with Crippen molar-refractivity contribution in [2.75, 3.05) is 30.4 Å². The first kappa shape index (κ1) is 18.4. The van der Waals surface area contributed by atoms with Crippen LogP contribution in [0.3, 0.4) is 0 Å². The van der Waals surface area contributed by atoms with Gasteiger partial charge >= 0.3 is 0 Å². The minimum absolute atomic E-state index is 0.00787. The molecule has 27 heavy (non-hydrogen) atoms. The average molecular weight is 371 g/mol. The van der Waals surface area contributed by atoms with Crippen LogP contribution in [0.15, 0.2) is 30.5 Å². The number of halogens is 1. The first-order chi connectivity index (χ1) is 13.0. The second-order valence-corrected chi connectivity index (χ2v) is 6.18. The summed E-state index contributed by atoms with van der Waals surface area (Å²) in [5.41, 5.74) is 0.436. The van der Waals surface area contributed by atoms with E-state index in [0.717, 1.165) is 24.7 Å². The van der Waals surface area contributed by atoms with E-state index in [0.29, 0.717) is 18.7 Å². The lowest BCUT2D eigenvalue weighted by molar-refractivity contribution is -0.384. The Morgan fingerprint density at radius 2 is 2.15 bits per heavy atom. The van der Waals surface area contributed by atoms with E-state index in [9.17, 15) is 14.5 Å². The van der Waals surface area contributed by atoms with Crippen molar-refractivity contribution in [2.45, 2.75) is 18.9 Å². The number of nitro groups is 1. The molecule has 2 heterocycles. The number of nitrogens with one attached hydrogen (secondary N) is 1. The molecule has 1 aliphatic rings. The number of hydrogen-bond donors (Lipinski definition) is 1. The van der Waals surface area contributed by atoms with Gasteiger partial charge in [0.2, 0.25) is 0 Å². The predicted octanol–water partition coefficient (Wildman–Crippen LogP) is 3.09. The third-order valence-electron chi connectivity index (χ3n) is 4.52. The van der Waals surface area contributed by atoms with Gasteiger partial charge in [-0.15, -0.1) is 0 Å². The lowest BCUT2D eigenvalue weighted by Gasteiger charge is -2.33. The van der Waals surface area contributed by atoms with Crippen LogP contribution in [0.4, 0.5) is 21.6 Å². The molecule has 8 nitrogen and oxygen atoms in total. The van der Waals surface area contributed by atoms with Gasteiger partial charge in [-0.2, -0.15) is 5.26 Å². The number of nitriles is 1. The minimum Gasteiger partial charge on any atom is -0.494 e. The molecule has 140 valence electrons. The summed E-state index contributed by atoms with van der Waals surface area (Å²) in [6.45, 7) is 1.42. The molecule has 1 N–H and O–H groups in total. The van der Waals surface area contributed by atoms with Crippen LogP contribution in [0.5, 0.6) is 5.75 Å². The second-order valence-electron chi connectivity index (χ2n) is 6.18. The Morgan fingerprint density at radius 1 is 1.41 bits per heavy atom. The molecule has 0 atom stereocenters. The van der Waals surface area contributed by atoms with Crippen LogP contribution in [-0.4, -0.2) is 36.1 Å². The maximum absolute atomic E-state index is 13.8. The lowest BCUT2D eigenvalue weighted by Crippen LogP contribution is -2.39. The van der Waals surface area contributed by atoms with E-state index in [-0.39, 0.29) is 23.2 Å². The number of nitro benzene ring substituents is 1. The van der Waals surface area contributed by atoms with Crippen LogP contribution in [0.1, 0.15) is 18.4 Å². The molecular weight excluding hydrogens is 353 g/mol. The zero-order chi connectivity index (χ0) is 19.4. The molecule has 1 aromatic heterocycles. The highest BCUT2D eigenvalue weighted by Gasteiger charge is 2.24. The van der Waals surface area contributed by atoms with Gasteiger partial charge in [0.1, 0.15) is 17.6 Å². The topological polar surface area (TPSA) is 104 Å². The van der Waals surface area contributed by atoms with E-state index in [2.05, 4.69) is 15.2 Å². The van der Waals surface area contributed by atoms with Crippen LogP contribution in [0, 0.1) is 27.3 Å². The monoisotopic (exact) mass is 371 g/mol. The van der Waals surface area contributed by atoms with Crippen molar-refractivity contribution in [1.82, 2.24) is 4.98 Å². The molecule has 0 saturated carbocycles. The zero-order valence-electron chi connectivity index (χ0n) is 14.7. The van der Waals surface area contributed by atoms with Gasteiger partial charge in [-0.1, -0.05) is 0 Å². The first-order valence-electron chi connectivity index (χ1n) is 8.41. The second kappa shape index (κ2) is 7.86. The Morgan fingerprint density at radius 3 is 2.70 bits per heavy atom. The number of benzene rings is 1. The standard InChI is InChI=1S/C18H18FN5O3/c1-27-17-9-15(16(24(25)26)8-14(17)19)22-13-4-6-23(7-5-13)18-3-2-12(10-20)11-21-18/h2-3,8-9,11,13,22H,4-7H2,1H3. The quantitative estimate of drug-likeness (QED) is 0.636. The number of pyridine rings is 1. The largest absolute Gasteiger partial charge is 0.494 e. The number of ether oxygens (including phenoxy) is 1. The van der Waals surface area contributed by atoms with Gasteiger partial charge in [0.15, 0.2) is 11.6 Å². The Hall–Kier alpha value is -3.41. The third kappa shape index (κ3) is 4.06. The maximum Gasteiger partial charge on any atom is 0.295 e. The molecule has 3 rings (SSSR count). The van der Waals surface area contributed by atoms with Crippen molar-refractivity contribution in [3.05, 3.63) is 52.0 Å². The van der Waals surface area contributed by atoms with Gasteiger partial charge in [-0.3, -0.25) is 10.1 Å². The number of aromatic nitrogens is 1. The molecule has 2 aromatic rings. The van der Waals surface area contributed by atoms with Crippen molar-refractivity contribution in [2.24, 2.45) is 0 Å². The molecule has 9 heteroatoms. The van der Waals surface area contributed by atoms with E-state index in [1.165, 1.54) is 19.4 Å². The van der Waals surface area contributed by atoms with Crippen molar-refractivity contribution in [3.63, 3.8) is 0 Å². The number of piperidine rings is 1. The SMILES string of the molecule is COc1cc(NC2CCN(c3ccc(C#N)cn3)CC2)c([N+](=O)[O-])cc1F. The number of nitrogens with zero attached hydrogens (tertiary/aromatic N) is 4. The van der Waals surface area contributed by atoms with Crippen molar-refractivity contribution in [3.8, 4) is 11.8 Å². The number of methoxy groups -OCH3 is 1. The Bertz CT molecular complexity index is 874. The number of anilines is 2. The highest BCUT2D eigenvalue weighted by molar-refractivity contribution is 5.65. The predicted molar refractivity (Wildman–Crippen MR) is 97.4 cm³/mol. The van der Waals surface area contributed by atoms with E-state index in [1.807, 2.05) is 12.1 Å². The molecule has 1 fully saturated rings. The Kier molecular flexibility index (Phi) is 5.35. The van der Waals surface area contributed by atoms with Crippen molar-refractivity contribution >= 4 is 17.2 Å². The fourth-order valence-corrected chi connectivity index (χ4v) is 3.08. The summed E-state index contributed by atoms with van der Waals surface area (Å²) in [4.78, 5) is 17.0. The van der Waals surface area contributed by atoms with Crippen LogP contribution in [-0.2, 0) is 0 Å². The van der Waals surface area contributed by atoms with Gasteiger partial charge in [0, 0.05) is 31.4 Å². The van der Waals surface area contributed by atoms with Crippen LogP contribution in [0.25, 0.3) is 0 Å². The molecule has 1 saturated heterocycles. The number of hydrogen-bond acceptors (Lipinski definition) is 7. The summed E-state index contributed by atoms with van der Waals surface area (Å²) in [5, 5.41) is 23.2. The Balaban J connectivity index is 1.68. The summed E-state index contributed by atoms with van der Waals surface area (Å²) >= 11 is 0. The van der Waals surface area contributed by atoms with Crippen molar-refractivity contribution < 1.29 is 14.1 Å². The highest BCUT2D eigenvalue weighted by Crippen LogP contribution is 2.33. The summed E-state index contributed by atoms with van der Waals surface area (Å²) in [6.07, 6.45) is 3.00. The fourth-order valence-electron chi connectivity index (χ4n) is 3.08. The highest BCUT2D eigenvalue weighted by atomic mass is 19.1. The van der Waals surface area contributed by atoms with Gasteiger partial charge in [-0.25, -0.2) is 9.37 Å². The Labute approximate surface area is 155 Å². The smallest absolute Gasteiger partial charge is 0.295 e. The van der Waals surface area contributed by atoms with Crippen LogP contribution >= 0.6 is 0 Å². The lowest BCUT2D eigenvalue weighted by atomic mass is 10.0. The van der Waals surface area contributed by atoms with Gasteiger partial charge in [0.05, 0.1) is 23.7 Å². The first-order valence-corrected chi connectivity index (χ1v) is 8.41. The molecule has 0 aliphatic carbocycles. The molecule has 1 aromatic carbocycles. The normalized spacial score (nSPS) is 14.5. The van der Waals surface area contributed by atoms with Gasteiger partial charge < -0.3 is 15.0 Å². The van der Waals surface area contributed by atoms with E-state index in [1.54, 1.807) is 6.07 Å². The molecular formula is C18H18FN5O3. The molecule has 0 spiro atoms. The summed E-state index contributed by atoms with van der Waals surface area (Å²) < 4.78 is 18.7. The summed E-state index contributed by atoms with van der Waals surface area (Å²) in [5.74, 6) is -0.0133. The molecule has 1 aliphatic heterocycles. The van der Waals surface area contributed by atoms with Crippen LogP contribution < -0.4 is 15.0 Å². The van der Waals surface area contributed by atoms with E-state index in [4.69, 9.17) is 10.00 Å². The minimum atomic E-state index is -0.767. The zero-order valence-corrected chi connectivity index (χ0v) is 14.7. The van der Waals surface area contributed by atoms with Gasteiger partial charge in [-0.05, 0) is 25.0 Å². The maximum atomic E-state index is 13.8. The van der Waals surface area contributed by atoms with E-state index >= 15 is 0 Å². The molecule has 0 amide bonds. The average Bonchev–Trinajstić information content (AvgIpc) is 2.69. The van der Waals surface area contributed by atoms with Gasteiger partial charge in [0.25, 0.3) is 5.69 Å². The molecule has 0 radical (unpaired) electrons.